The van der Waals surface area contributed by atoms with Crippen molar-refractivity contribution in [3.05, 3.63) is 35.9 Å². The molecule has 1 atom stereocenters. The summed E-state index contributed by atoms with van der Waals surface area (Å²) in [5.74, 6) is 1.36. The van der Waals surface area contributed by atoms with Gasteiger partial charge in [0.15, 0.2) is 0 Å². The van der Waals surface area contributed by atoms with Crippen LogP contribution in [0.25, 0.3) is 0 Å². The Labute approximate surface area is 100 Å². The molecule has 1 fully saturated rings. The van der Waals surface area contributed by atoms with Crippen LogP contribution in [0, 0.1) is 5.92 Å². The predicted molar refractivity (Wildman–Crippen MR) is 66.3 cm³/mol. The van der Waals surface area contributed by atoms with Gasteiger partial charge >= 0.3 is 5.97 Å². The third-order valence-electron chi connectivity index (χ3n) is 2.76. The van der Waals surface area contributed by atoms with Gasteiger partial charge in [0, 0.05) is 5.75 Å². The Morgan fingerprint density at radius 1 is 1.44 bits per heavy atom. The molecule has 2 nitrogen and oxygen atoms in total. The first-order valence-corrected chi connectivity index (χ1v) is 6.59. The van der Waals surface area contributed by atoms with Gasteiger partial charge in [-0.2, -0.15) is 0 Å². The zero-order valence-corrected chi connectivity index (χ0v) is 10.2. The number of rotatable bonds is 5. The van der Waals surface area contributed by atoms with E-state index in [9.17, 15) is 4.79 Å². The van der Waals surface area contributed by atoms with Crippen molar-refractivity contribution in [3.8, 4) is 0 Å². The molecule has 3 heteroatoms. The van der Waals surface area contributed by atoms with E-state index in [1.54, 1.807) is 11.8 Å². The molecule has 2 rings (SSSR count). The molecule has 16 heavy (non-hydrogen) atoms. The zero-order chi connectivity index (χ0) is 11.4. The molecule has 0 N–H and O–H groups in total. The van der Waals surface area contributed by atoms with Crippen molar-refractivity contribution in [2.24, 2.45) is 5.92 Å². The molecule has 1 aliphatic rings. The van der Waals surface area contributed by atoms with Gasteiger partial charge in [0.05, 0.1) is 7.11 Å². The van der Waals surface area contributed by atoms with Crippen molar-refractivity contribution in [1.29, 1.82) is 0 Å². The fourth-order valence-corrected chi connectivity index (χ4v) is 3.01. The van der Waals surface area contributed by atoms with Crippen molar-refractivity contribution in [2.45, 2.75) is 23.8 Å². The molecule has 1 aliphatic carbocycles. The molecule has 0 aromatic heterocycles. The minimum atomic E-state index is -0.0663. The van der Waals surface area contributed by atoms with Crippen molar-refractivity contribution in [2.75, 3.05) is 7.11 Å². The van der Waals surface area contributed by atoms with Crippen LogP contribution in [0.15, 0.2) is 30.3 Å². The summed E-state index contributed by atoms with van der Waals surface area (Å²) in [6.45, 7) is 0. The van der Waals surface area contributed by atoms with Crippen LogP contribution in [-0.2, 0) is 15.3 Å². The Hall–Kier alpha value is -0.960. The summed E-state index contributed by atoms with van der Waals surface area (Å²) in [5, 5.41) is 0.0326. The van der Waals surface area contributed by atoms with E-state index in [2.05, 4.69) is 12.1 Å². The third kappa shape index (κ3) is 3.01. The fourth-order valence-electron chi connectivity index (χ4n) is 1.67. The highest BCUT2D eigenvalue weighted by Gasteiger charge is 2.37. The van der Waals surface area contributed by atoms with Gasteiger partial charge in [0.25, 0.3) is 0 Å². The van der Waals surface area contributed by atoms with Crippen LogP contribution >= 0.6 is 11.8 Å². The molecule has 86 valence electrons. The van der Waals surface area contributed by atoms with Crippen LogP contribution in [0.5, 0.6) is 0 Å². The van der Waals surface area contributed by atoms with Crippen molar-refractivity contribution >= 4 is 17.7 Å². The summed E-state index contributed by atoms with van der Waals surface area (Å²) in [6.07, 6.45) is 2.34. The van der Waals surface area contributed by atoms with Crippen LogP contribution < -0.4 is 0 Å². The Bertz CT molecular complexity index is 346. The maximum atomic E-state index is 11.6. The highest BCUT2D eigenvalue weighted by molar-refractivity contribution is 7.99. The SMILES string of the molecule is COC(=O)C(SCc1ccccc1)C1CC1. The maximum Gasteiger partial charge on any atom is 0.319 e. The van der Waals surface area contributed by atoms with E-state index in [1.807, 2.05) is 18.2 Å². The lowest BCUT2D eigenvalue weighted by Gasteiger charge is -2.13. The first-order chi connectivity index (χ1) is 7.81. The molecule has 1 aromatic carbocycles. The Morgan fingerprint density at radius 2 is 2.12 bits per heavy atom. The Morgan fingerprint density at radius 3 is 2.69 bits per heavy atom. The lowest BCUT2D eigenvalue weighted by atomic mass is 10.2. The predicted octanol–water partition coefficient (Wildman–Crippen LogP) is 2.87. The van der Waals surface area contributed by atoms with E-state index in [0.717, 1.165) is 5.75 Å². The molecule has 0 saturated heterocycles. The second-order valence-corrected chi connectivity index (χ2v) is 5.21. The van der Waals surface area contributed by atoms with Gasteiger partial charge in [0.2, 0.25) is 0 Å². The van der Waals surface area contributed by atoms with E-state index in [0.29, 0.717) is 5.92 Å². The zero-order valence-electron chi connectivity index (χ0n) is 9.39. The van der Waals surface area contributed by atoms with Crippen LogP contribution in [0.2, 0.25) is 0 Å². The van der Waals surface area contributed by atoms with Gasteiger partial charge in [-0.3, -0.25) is 4.79 Å². The number of carbonyl (C=O) groups excluding carboxylic acids is 1. The summed E-state index contributed by atoms with van der Waals surface area (Å²) in [5.41, 5.74) is 1.27. The second kappa shape index (κ2) is 5.39. The summed E-state index contributed by atoms with van der Waals surface area (Å²) >= 11 is 1.70. The molecule has 0 amide bonds. The molecule has 1 aromatic rings. The summed E-state index contributed by atoms with van der Waals surface area (Å²) in [6, 6.07) is 10.2. The molecule has 0 heterocycles. The standard InChI is InChI=1S/C13H16O2S/c1-15-13(14)12(11-7-8-11)16-9-10-5-3-2-4-6-10/h2-6,11-12H,7-9H2,1H3. The molecule has 1 unspecified atom stereocenters. The van der Waals surface area contributed by atoms with Crippen LogP contribution in [-0.4, -0.2) is 18.3 Å². The largest absolute Gasteiger partial charge is 0.468 e. The van der Waals surface area contributed by atoms with Gasteiger partial charge in [-0.25, -0.2) is 0 Å². The number of methoxy groups -OCH3 is 1. The maximum absolute atomic E-state index is 11.6. The lowest BCUT2D eigenvalue weighted by molar-refractivity contribution is -0.140. The van der Waals surface area contributed by atoms with Gasteiger partial charge < -0.3 is 4.74 Å². The lowest BCUT2D eigenvalue weighted by Crippen LogP contribution is -2.21. The minimum Gasteiger partial charge on any atom is -0.468 e. The summed E-state index contributed by atoms with van der Waals surface area (Å²) in [4.78, 5) is 11.6. The molecule has 0 spiro atoms. The van der Waals surface area contributed by atoms with Gasteiger partial charge in [0.1, 0.15) is 5.25 Å². The second-order valence-electron chi connectivity index (χ2n) is 4.08. The first kappa shape index (κ1) is 11.5. The number of ether oxygens (including phenoxy) is 1. The van der Waals surface area contributed by atoms with E-state index in [1.165, 1.54) is 25.5 Å². The van der Waals surface area contributed by atoms with E-state index in [-0.39, 0.29) is 11.2 Å². The quantitative estimate of drug-likeness (QED) is 0.735. The van der Waals surface area contributed by atoms with Gasteiger partial charge in [-0.05, 0) is 24.3 Å². The van der Waals surface area contributed by atoms with Gasteiger partial charge in [-0.15, -0.1) is 11.8 Å². The Kier molecular flexibility index (Phi) is 3.88. The normalized spacial score (nSPS) is 16.8. The monoisotopic (exact) mass is 236 g/mol. The summed E-state index contributed by atoms with van der Waals surface area (Å²) < 4.78 is 4.84. The van der Waals surface area contributed by atoms with Crippen LogP contribution in [0.3, 0.4) is 0 Å². The average Bonchev–Trinajstić information content (AvgIpc) is 3.15. The van der Waals surface area contributed by atoms with Crippen molar-refractivity contribution in [1.82, 2.24) is 0 Å². The van der Waals surface area contributed by atoms with Crippen LogP contribution in [0.4, 0.5) is 0 Å². The number of hydrogen-bond acceptors (Lipinski definition) is 3. The van der Waals surface area contributed by atoms with Gasteiger partial charge in [-0.1, -0.05) is 30.3 Å². The highest BCUT2D eigenvalue weighted by atomic mass is 32.2. The minimum absolute atomic E-state index is 0.0326. The molecular weight excluding hydrogens is 220 g/mol. The molecule has 1 saturated carbocycles. The van der Waals surface area contributed by atoms with E-state index in [4.69, 9.17) is 4.74 Å². The smallest absolute Gasteiger partial charge is 0.319 e. The molecule has 0 radical (unpaired) electrons. The third-order valence-corrected chi connectivity index (χ3v) is 4.19. The molecule has 0 aliphatic heterocycles. The first-order valence-electron chi connectivity index (χ1n) is 5.54. The number of esters is 1. The average molecular weight is 236 g/mol. The van der Waals surface area contributed by atoms with Crippen molar-refractivity contribution in [3.63, 3.8) is 0 Å². The Balaban J connectivity index is 1.89. The number of carbonyl (C=O) groups is 1. The van der Waals surface area contributed by atoms with E-state index >= 15 is 0 Å². The van der Waals surface area contributed by atoms with Crippen molar-refractivity contribution < 1.29 is 9.53 Å². The summed E-state index contributed by atoms with van der Waals surface area (Å²) in [7, 11) is 1.47. The number of thioether (sulfide) groups is 1. The topological polar surface area (TPSA) is 26.3 Å². The molecular formula is C13H16O2S. The number of benzene rings is 1. The molecule has 0 bridgehead atoms. The van der Waals surface area contributed by atoms with Crippen LogP contribution in [0.1, 0.15) is 18.4 Å². The number of hydrogen-bond donors (Lipinski definition) is 0. The van der Waals surface area contributed by atoms with E-state index < -0.39 is 0 Å². The fraction of sp³-hybridized carbons (Fsp3) is 0.462. The highest BCUT2D eigenvalue weighted by Crippen LogP contribution is 2.40.